The number of para-hydroxylation sites is 2. The van der Waals surface area contributed by atoms with Crippen LogP contribution in [0.3, 0.4) is 0 Å². The molecule has 0 aliphatic rings. The Morgan fingerprint density at radius 1 is 1.12 bits per heavy atom. The van der Waals surface area contributed by atoms with Crippen LogP contribution >= 0.6 is 0 Å². The highest BCUT2D eigenvalue weighted by molar-refractivity contribution is 5.92. The van der Waals surface area contributed by atoms with Gasteiger partial charge in [0.1, 0.15) is 0 Å². The summed E-state index contributed by atoms with van der Waals surface area (Å²) in [4.78, 5) is 12.0. The van der Waals surface area contributed by atoms with Gasteiger partial charge in [0.15, 0.2) is 5.75 Å². The van der Waals surface area contributed by atoms with Crippen LogP contribution in [0.15, 0.2) is 42.5 Å². The molecule has 0 atom stereocenters. The van der Waals surface area contributed by atoms with Crippen molar-refractivity contribution in [3.05, 3.63) is 59.2 Å². The minimum atomic E-state index is -4.81. The zero-order valence-corrected chi connectivity index (χ0v) is 13.4. The summed E-state index contributed by atoms with van der Waals surface area (Å²) in [5.41, 5.74) is 3.26. The molecule has 0 saturated heterocycles. The van der Waals surface area contributed by atoms with Gasteiger partial charge in [-0.15, -0.1) is 13.2 Å². The average molecular weight is 337 g/mol. The molecule has 2 aromatic carbocycles. The molecule has 0 unspecified atom stereocenters. The van der Waals surface area contributed by atoms with Gasteiger partial charge in [-0.2, -0.15) is 0 Å². The first-order chi connectivity index (χ1) is 11.2. The van der Waals surface area contributed by atoms with E-state index in [1.165, 1.54) is 18.2 Å². The van der Waals surface area contributed by atoms with Gasteiger partial charge in [0.05, 0.1) is 5.69 Å². The monoisotopic (exact) mass is 337 g/mol. The van der Waals surface area contributed by atoms with Crippen molar-refractivity contribution in [1.82, 2.24) is 0 Å². The molecule has 2 rings (SSSR count). The van der Waals surface area contributed by atoms with Crippen molar-refractivity contribution in [2.45, 2.75) is 33.1 Å². The number of amides is 1. The molecule has 0 aliphatic carbocycles. The van der Waals surface area contributed by atoms with Crippen molar-refractivity contribution < 1.29 is 22.7 Å². The fourth-order valence-corrected chi connectivity index (χ4v) is 2.37. The molecule has 0 saturated carbocycles. The number of carbonyl (C=O) groups excluding carboxylic acids is 1. The Kier molecular flexibility index (Phi) is 5.49. The zero-order valence-electron chi connectivity index (χ0n) is 13.4. The van der Waals surface area contributed by atoms with E-state index in [2.05, 4.69) is 10.1 Å². The number of carbonyl (C=O) groups is 1. The van der Waals surface area contributed by atoms with Crippen LogP contribution in [-0.2, 0) is 11.2 Å². The lowest BCUT2D eigenvalue weighted by atomic mass is 10.0. The third kappa shape index (κ3) is 5.30. The Balaban J connectivity index is 2.00. The predicted molar refractivity (Wildman–Crippen MR) is 86.0 cm³/mol. The minimum absolute atomic E-state index is 0.000420. The summed E-state index contributed by atoms with van der Waals surface area (Å²) in [5, 5.41) is 2.47. The smallest absolute Gasteiger partial charge is 0.404 e. The molecular formula is C18H18F3NO2. The summed E-state index contributed by atoms with van der Waals surface area (Å²) in [5.74, 6) is -0.793. The van der Waals surface area contributed by atoms with Crippen LogP contribution in [0, 0.1) is 13.8 Å². The van der Waals surface area contributed by atoms with Crippen LogP contribution in [0.2, 0.25) is 0 Å². The molecular weight excluding hydrogens is 319 g/mol. The average Bonchev–Trinajstić information content (AvgIpc) is 2.47. The third-order valence-corrected chi connectivity index (χ3v) is 3.51. The van der Waals surface area contributed by atoms with Gasteiger partial charge >= 0.3 is 6.36 Å². The highest BCUT2D eigenvalue weighted by atomic mass is 19.4. The Bertz CT molecular complexity index is 726. The van der Waals surface area contributed by atoms with E-state index in [0.29, 0.717) is 6.42 Å². The van der Waals surface area contributed by atoms with E-state index in [-0.39, 0.29) is 18.0 Å². The molecule has 0 heterocycles. The summed E-state index contributed by atoms with van der Waals surface area (Å²) in [7, 11) is 0. The van der Waals surface area contributed by atoms with Crippen LogP contribution in [-0.4, -0.2) is 12.3 Å². The van der Waals surface area contributed by atoms with Crippen molar-refractivity contribution in [2.75, 3.05) is 5.32 Å². The lowest BCUT2D eigenvalue weighted by Crippen LogP contribution is -2.19. The van der Waals surface area contributed by atoms with Gasteiger partial charge in [0.25, 0.3) is 0 Å². The molecule has 0 radical (unpaired) electrons. The number of halogens is 3. The Labute approximate surface area is 138 Å². The van der Waals surface area contributed by atoms with Gasteiger partial charge in [-0.25, -0.2) is 0 Å². The van der Waals surface area contributed by atoms with Crippen LogP contribution in [0.4, 0.5) is 18.9 Å². The van der Waals surface area contributed by atoms with E-state index in [1.807, 2.05) is 32.0 Å². The van der Waals surface area contributed by atoms with E-state index in [0.717, 1.165) is 22.8 Å². The number of nitrogens with one attached hydrogen (secondary N) is 1. The van der Waals surface area contributed by atoms with E-state index in [9.17, 15) is 18.0 Å². The second-order valence-corrected chi connectivity index (χ2v) is 5.52. The van der Waals surface area contributed by atoms with Crippen LogP contribution in [0.25, 0.3) is 0 Å². The lowest BCUT2D eigenvalue weighted by Gasteiger charge is -2.14. The second kappa shape index (κ2) is 7.38. The fraction of sp³-hybridized carbons (Fsp3) is 0.278. The maximum atomic E-state index is 12.4. The Morgan fingerprint density at radius 3 is 2.50 bits per heavy atom. The summed E-state index contributed by atoms with van der Waals surface area (Å²) < 4.78 is 41.0. The van der Waals surface area contributed by atoms with Gasteiger partial charge in [-0.1, -0.05) is 35.9 Å². The van der Waals surface area contributed by atoms with Crippen LogP contribution < -0.4 is 10.1 Å². The number of rotatable bonds is 5. The van der Waals surface area contributed by atoms with Crippen molar-refractivity contribution in [2.24, 2.45) is 0 Å². The van der Waals surface area contributed by atoms with E-state index < -0.39 is 12.1 Å². The zero-order chi connectivity index (χ0) is 17.7. The molecule has 0 bridgehead atoms. The Morgan fingerprint density at radius 2 is 1.83 bits per heavy atom. The van der Waals surface area contributed by atoms with Crippen molar-refractivity contribution >= 4 is 11.6 Å². The molecule has 1 amide bonds. The van der Waals surface area contributed by atoms with Crippen LogP contribution in [0.5, 0.6) is 5.75 Å². The van der Waals surface area contributed by atoms with E-state index in [1.54, 1.807) is 0 Å². The van der Waals surface area contributed by atoms with Gasteiger partial charge in [-0.05, 0) is 43.5 Å². The molecule has 0 fully saturated rings. The minimum Gasteiger partial charge on any atom is -0.404 e. The highest BCUT2D eigenvalue weighted by Gasteiger charge is 2.32. The quantitative estimate of drug-likeness (QED) is 0.853. The highest BCUT2D eigenvalue weighted by Crippen LogP contribution is 2.30. The fourth-order valence-electron chi connectivity index (χ4n) is 2.37. The molecule has 0 aliphatic heterocycles. The lowest BCUT2D eigenvalue weighted by molar-refractivity contribution is -0.274. The third-order valence-electron chi connectivity index (χ3n) is 3.51. The summed E-state index contributed by atoms with van der Waals surface area (Å²) in [6.07, 6.45) is -4.12. The first kappa shape index (κ1) is 17.8. The van der Waals surface area contributed by atoms with E-state index in [4.69, 9.17) is 0 Å². The number of hydrogen-bond donors (Lipinski definition) is 1. The van der Waals surface area contributed by atoms with Gasteiger partial charge in [0, 0.05) is 6.42 Å². The van der Waals surface area contributed by atoms with Crippen molar-refractivity contribution in [1.29, 1.82) is 0 Å². The number of aryl methyl sites for hydroxylation is 3. The predicted octanol–water partition coefficient (Wildman–Crippen LogP) is 4.77. The largest absolute Gasteiger partial charge is 0.573 e. The molecule has 1 N–H and O–H groups in total. The molecule has 3 nitrogen and oxygen atoms in total. The van der Waals surface area contributed by atoms with Gasteiger partial charge in [-0.3, -0.25) is 4.79 Å². The maximum absolute atomic E-state index is 12.4. The van der Waals surface area contributed by atoms with E-state index >= 15 is 0 Å². The van der Waals surface area contributed by atoms with Gasteiger partial charge in [0.2, 0.25) is 5.91 Å². The number of anilines is 1. The normalized spacial score (nSPS) is 11.2. The Hall–Kier alpha value is -2.50. The SMILES string of the molecule is Cc1ccc(CCC(=O)Nc2ccccc2OC(F)(F)F)c(C)c1. The molecule has 128 valence electrons. The number of hydrogen-bond acceptors (Lipinski definition) is 2. The summed E-state index contributed by atoms with van der Waals surface area (Å²) >= 11 is 0. The molecule has 2 aromatic rings. The van der Waals surface area contributed by atoms with Crippen molar-refractivity contribution in [3.63, 3.8) is 0 Å². The maximum Gasteiger partial charge on any atom is 0.573 e. The molecule has 24 heavy (non-hydrogen) atoms. The summed E-state index contributed by atoms with van der Waals surface area (Å²) in [6, 6.07) is 11.4. The summed E-state index contributed by atoms with van der Waals surface area (Å²) in [6.45, 7) is 3.95. The molecule has 0 aromatic heterocycles. The molecule has 0 spiro atoms. The van der Waals surface area contributed by atoms with Gasteiger partial charge < -0.3 is 10.1 Å². The first-order valence-corrected chi connectivity index (χ1v) is 7.45. The number of benzene rings is 2. The van der Waals surface area contributed by atoms with Crippen LogP contribution in [0.1, 0.15) is 23.1 Å². The topological polar surface area (TPSA) is 38.3 Å². The number of ether oxygens (including phenoxy) is 1. The molecule has 6 heteroatoms. The number of alkyl halides is 3. The second-order valence-electron chi connectivity index (χ2n) is 5.52. The first-order valence-electron chi connectivity index (χ1n) is 7.45. The standard InChI is InChI=1S/C18H18F3NO2/c1-12-7-8-14(13(2)11-12)9-10-17(23)22-15-5-3-4-6-16(15)24-18(19,20)21/h3-8,11H,9-10H2,1-2H3,(H,22,23). The van der Waals surface area contributed by atoms with Crippen molar-refractivity contribution in [3.8, 4) is 5.75 Å².